The van der Waals surface area contributed by atoms with Gasteiger partial charge in [0.1, 0.15) is 13.2 Å². The minimum atomic E-state index is -0.792. The first-order chi connectivity index (χ1) is 38.5. The van der Waals surface area contributed by atoms with Gasteiger partial charge >= 0.3 is 17.9 Å². The lowest BCUT2D eigenvalue weighted by molar-refractivity contribution is -0.167. The Morgan fingerprint density at radius 2 is 0.500 bits per heavy atom. The van der Waals surface area contributed by atoms with E-state index >= 15 is 0 Å². The summed E-state index contributed by atoms with van der Waals surface area (Å²) in [7, 11) is 0. The number of esters is 3. The van der Waals surface area contributed by atoms with Crippen molar-refractivity contribution < 1.29 is 28.6 Å². The maximum atomic E-state index is 12.9. The molecule has 78 heavy (non-hydrogen) atoms. The number of allylic oxidation sites excluding steroid dienone is 20. The fourth-order valence-electron chi connectivity index (χ4n) is 8.91. The molecule has 0 rings (SSSR count). The summed E-state index contributed by atoms with van der Waals surface area (Å²) in [4.78, 5) is 38.2. The minimum Gasteiger partial charge on any atom is -0.462 e. The summed E-state index contributed by atoms with van der Waals surface area (Å²) in [5.74, 6) is -0.911. The monoisotopic (exact) mass is 1080 g/mol. The highest BCUT2D eigenvalue weighted by Gasteiger charge is 2.19. The maximum absolute atomic E-state index is 12.9. The van der Waals surface area contributed by atoms with Gasteiger partial charge in [0.15, 0.2) is 6.10 Å². The molecule has 0 spiro atoms. The van der Waals surface area contributed by atoms with E-state index in [9.17, 15) is 14.4 Å². The van der Waals surface area contributed by atoms with Crippen LogP contribution in [0.5, 0.6) is 0 Å². The van der Waals surface area contributed by atoms with Crippen LogP contribution in [-0.4, -0.2) is 37.2 Å². The Labute approximate surface area is 482 Å². The van der Waals surface area contributed by atoms with Crippen LogP contribution in [0.2, 0.25) is 0 Å². The molecular formula is C72H120O6. The maximum Gasteiger partial charge on any atom is 0.306 e. The van der Waals surface area contributed by atoms with Crippen LogP contribution in [0.15, 0.2) is 122 Å². The average molecular weight is 1080 g/mol. The highest BCUT2D eigenvalue weighted by Crippen LogP contribution is 2.16. The molecule has 444 valence electrons. The summed E-state index contributed by atoms with van der Waals surface area (Å²) in [5.41, 5.74) is 0. The molecule has 0 saturated heterocycles. The molecule has 0 aromatic heterocycles. The van der Waals surface area contributed by atoms with Gasteiger partial charge in [0.05, 0.1) is 0 Å². The van der Waals surface area contributed by atoms with Crippen LogP contribution >= 0.6 is 0 Å². The van der Waals surface area contributed by atoms with Gasteiger partial charge in [-0.1, -0.05) is 290 Å². The zero-order chi connectivity index (χ0) is 56.4. The molecule has 0 aromatic carbocycles. The second kappa shape index (κ2) is 65.3. The number of unbranched alkanes of at least 4 members (excludes halogenated alkanes) is 27. The molecule has 0 aliphatic rings. The standard InChI is InChI=1S/C72H120O6/c1-4-7-10-13-16-19-21-23-25-27-29-31-33-34-35-36-37-38-40-41-43-45-47-49-51-53-56-59-62-65-71(74)77-68-69(67-76-70(73)64-61-58-55-18-15-12-9-6-3)78-72(75)66-63-60-57-54-52-50-48-46-44-42-39-32-30-28-26-24-22-20-17-14-11-8-5-2/h7-8,10-11,16-17,19-20,23-26,29-32,42,44,48,50,69H,4-6,9,12-15,18,21-22,27-28,33-41,43,45-47,49,51-68H2,1-3H3/b10-7-,11-8-,19-16-,20-17-,25-23-,26-24-,31-29-,32-30-,44-42-,50-48-. The summed E-state index contributed by atoms with van der Waals surface area (Å²) >= 11 is 0. The van der Waals surface area contributed by atoms with E-state index in [0.29, 0.717) is 19.3 Å². The summed E-state index contributed by atoms with van der Waals surface area (Å²) in [5, 5.41) is 0. The lowest BCUT2D eigenvalue weighted by atomic mass is 10.0. The predicted octanol–water partition coefficient (Wildman–Crippen LogP) is 22.4. The summed E-state index contributed by atoms with van der Waals surface area (Å²) in [6.45, 7) is 6.38. The lowest BCUT2D eigenvalue weighted by Crippen LogP contribution is -2.30. The normalized spacial score (nSPS) is 12.9. The van der Waals surface area contributed by atoms with E-state index < -0.39 is 6.10 Å². The van der Waals surface area contributed by atoms with Gasteiger partial charge in [0, 0.05) is 19.3 Å². The van der Waals surface area contributed by atoms with E-state index in [1.807, 2.05) is 0 Å². The van der Waals surface area contributed by atoms with E-state index in [1.165, 1.54) is 122 Å². The van der Waals surface area contributed by atoms with Crippen LogP contribution in [0.3, 0.4) is 0 Å². The van der Waals surface area contributed by atoms with Crippen molar-refractivity contribution in [3.05, 3.63) is 122 Å². The number of carbonyl (C=O) groups excluding carboxylic acids is 3. The largest absolute Gasteiger partial charge is 0.462 e. The van der Waals surface area contributed by atoms with Gasteiger partial charge in [-0.25, -0.2) is 0 Å². The SMILES string of the molecule is CC/C=C\C/C=C\C/C=C\C/C=C\C/C=C\C/C=C\CCCCCCC(=O)OC(COC(=O)CCCCCCCCCC)COC(=O)CCCCCCCCCCCCCCCCCC/C=C\C/C=C\C/C=C\C/C=C\CC. The fourth-order valence-corrected chi connectivity index (χ4v) is 8.91. The Hall–Kier alpha value is -4.19. The molecule has 6 nitrogen and oxygen atoms in total. The average Bonchev–Trinajstić information content (AvgIpc) is 3.44. The molecule has 0 saturated carbocycles. The van der Waals surface area contributed by atoms with Gasteiger partial charge in [-0.2, -0.15) is 0 Å². The van der Waals surface area contributed by atoms with Gasteiger partial charge in [-0.3, -0.25) is 14.4 Å². The summed E-state index contributed by atoms with van der Waals surface area (Å²) in [6, 6.07) is 0. The Balaban J connectivity index is 4.19. The van der Waals surface area contributed by atoms with Crippen molar-refractivity contribution >= 4 is 17.9 Å². The molecule has 6 heteroatoms. The molecule has 0 aliphatic carbocycles. The smallest absolute Gasteiger partial charge is 0.306 e. The predicted molar refractivity (Wildman–Crippen MR) is 339 cm³/mol. The van der Waals surface area contributed by atoms with Crippen molar-refractivity contribution in [2.45, 2.75) is 303 Å². The zero-order valence-corrected chi connectivity index (χ0v) is 50.9. The molecular weight excluding hydrogens is 961 g/mol. The lowest BCUT2D eigenvalue weighted by Gasteiger charge is -2.18. The highest BCUT2D eigenvalue weighted by atomic mass is 16.6. The van der Waals surface area contributed by atoms with Crippen LogP contribution < -0.4 is 0 Å². The van der Waals surface area contributed by atoms with E-state index in [2.05, 4.69) is 142 Å². The van der Waals surface area contributed by atoms with Gasteiger partial charge in [0.25, 0.3) is 0 Å². The molecule has 0 aliphatic heterocycles. The van der Waals surface area contributed by atoms with E-state index in [-0.39, 0.29) is 31.1 Å². The minimum absolute atomic E-state index is 0.0879. The zero-order valence-electron chi connectivity index (χ0n) is 50.9. The number of hydrogen-bond acceptors (Lipinski definition) is 6. The first-order valence-electron chi connectivity index (χ1n) is 32.5. The van der Waals surface area contributed by atoms with Crippen molar-refractivity contribution in [3.8, 4) is 0 Å². The van der Waals surface area contributed by atoms with E-state index in [0.717, 1.165) is 135 Å². The Bertz CT molecular complexity index is 1620. The summed E-state index contributed by atoms with van der Waals surface area (Å²) < 4.78 is 16.8. The molecule has 0 bridgehead atoms. The first kappa shape index (κ1) is 73.8. The Morgan fingerprint density at radius 1 is 0.269 bits per heavy atom. The molecule has 0 heterocycles. The van der Waals surface area contributed by atoms with E-state index in [4.69, 9.17) is 14.2 Å². The topological polar surface area (TPSA) is 78.9 Å². The van der Waals surface area contributed by atoms with Crippen molar-refractivity contribution in [1.29, 1.82) is 0 Å². The molecule has 1 unspecified atom stereocenters. The van der Waals surface area contributed by atoms with Gasteiger partial charge in [-0.05, 0) is 109 Å². The molecule has 1 atom stereocenters. The van der Waals surface area contributed by atoms with Gasteiger partial charge < -0.3 is 14.2 Å². The van der Waals surface area contributed by atoms with Gasteiger partial charge in [-0.15, -0.1) is 0 Å². The molecule has 0 fully saturated rings. The van der Waals surface area contributed by atoms with Crippen molar-refractivity contribution in [1.82, 2.24) is 0 Å². The van der Waals surface area contributed by atoms with Crippen LogP contribution in [-0.2, 0) is 28.6 Å². The Morgan fingerprint density at radius 3 is 0.782 bits per heavy atom. The number of hydrogen-bond donors (Lipinski definition) is 0. The third-order valence-corrected chi connectivity index (χ3v) is 13.7. The van der Waals surface area contributed by atoms with Crippen molar-refractivity contribution in [2.75, 3.05) is 13.2 Å². The number of rotatable bonds is 58. The van der Waals surface area contributed by atoms with Gasteiger partial charge in [0.2, 0.25) is 0 Å². The molecule has 0 N–H and O–H groups in total. The second-order valence-corrected chi connectivity index (χ2v) is 21.3. The second-order valence-electron chi connectivity index (χ2n) is 21.3. The molecule has 0 amide bonds. The van der Waals surface area contributed by atoms with Crippen LogP contribution in [0.25, 0.3) is 0 Å². The third kappa shape index (κ3) is 62.7. The fraction of sp³-hybridized carbons (Fsp3) is 0.681. The summed E-state index contributed by atoms with van der Waals surface area (Å²) in [6.07, 6.45) is 90.9. The van der Waals surface area contributed by atoms with Crippen LogP contribution in [0.4, 0.5) is 0 Å². The van der Waals surface area contributed by atoms with Crippen molar-refractivity contribution in [2.24, 2.45) is 0 Å². The number of ether oxygens (including phenoxy) is 3. The quantitative estimate of drug-likeness (QED) is 0.0261. The highest BCUT2D eigenvalue weighted by molar-refractivity contribution is 5.71. The number of carbonyl (C=O) groups is 3. The first-order valence-corrected chi connectivity index (χ1v) is 32.5. The Kier molecular flexibility index (Phi) is 61.8. The van der Waals surface area contributed by atoms with Crippen LogP contribution in [0, 0.1) is 0 Å². The van der Waals surface area contributed by atoms with Crippen molar-refractivity contribution in [3.63, 3.8) is 0 Å². The van der Waals surface area contributed by atoms with Crippen LogP contribution in [0.1, 0.15) is 297 Å². The molecule has 0 radical (unpaired) electrons. The molecule has 0 aromatic rings. The third-order valence-electron chi connectivity index (χ3n) is 13.7. The van der Waals surface area contributed by atoms with E-state index in [1.54, 1.807) is 0 Å².